The first-order chi connectivity index (χ1) is 9.69. The maximum absolute atomic E-state index is 12.1. The summed E-state index contributed by atoms with van der Waals surface area (Å²) in [5.41, 5.74) is 0.346. The Kier molecular flexibility index (Phi) is 4.57. The zero-order valence-corrected chi connectivity index (χ0v) is 11.9. The first kappa shape index (κ1) is 14.3. The Hall–Kier alpha value is -2.08. The molecule has 0 saturated heterocycles. The standard InChI is InChI=1S/C14H18N2O4/c1-4-19-11-6-9-10(7-12(11)20-5-2)15-13(8-18-3)16-14(9)17/h6-7H,4-5,8H2,1-3H3,(H,15,16,17). The molecule has 0 saturated carbocycles. The highest BCUT2D eigenvalue weighted by Gasteiger charge is 2.11. The molecule has 6 nitrogen and oxygen atoms in total. The zero-order valence-electron chi connectivity index (χ0n) is 11.9. The number of aromatic nitrogens is 2. The number of nitrogens with zero attached hydrogens (tertiary/aromatic N) is 1. The molecule has 108 valence electrons. The lowest BCUT2D eigenvalue weighted by molar-refractivity contribution is 0.178. The Morgan fingerprint density at radius 1 is 1.15 bits per heavy atom. The minimum absolute atomic E-state index is 0.217. The van der Waals surface area contributed by atoms with Crippen LogP contribution in [0.25, 0.3) is 10.9 Å². The molecule has 1 heterocycles. The van der Waals surface area contributed by atoms with Gasteiger partial charge in [0.1, 0.15) is 12.4 Å². The molecule has 1 aromatic heterocycles. The second-order valence-corrected chi connectivity index (χ2v) is 4.13. The van der Waals surface area contributed by atoms with Crippen LogP contribution in [0.5, 0.6) is 11.5 Å². The fourth-order valence-corrected chi connectivity index (χ4v) is 1.94. The Balaban J connectivity index is 2.60. The highest BCUT2D eigenvalue weighted by molar-refractivity contribution is 5.81. The smallest absolute Gasteiger partial charge is 0.258 e. The molecule has 0 spiro atoms. The number of fused-ring (bicyclic) bond motifs is 1. The van der Waals surface area contributed by atoms with Crippen LogP contribution in [0, 0.1) is 0 Å². The van der Waals surface area contributed by atoms with Gasteiger partial charge in [-0.25, -0.2) is 4.98 Å². The van der Waals surface area contributed by atoms with E-state index in [0.717, 1.165) is 0 Å². The van der Waals surface area contributed by atoms with Crippen LogP contribution < -0.4 is 15.0 Å². The number of aromatic amines is 1. The maximum atomic E-state index is 12.1. The number of H-pyrrole nitrogens is 1. The van der Waals surface area contributed by atoms with Crippen LogP contribution in [0.2, 0.25) is 0 Å². The summed E-state index contributed by atoms with van der Waals surface area (Å²) in [5.74, 6) is 1.62. The molecule has 0 aliphatic rings. The fraction of sp³-hybridized carbons (Fsp3) is 0.429. The van der Waals surface area contributed by atoms with Gasteiger partial charge in [-0.05, 0) is 19.9 Å². The van der Waals surface area contributed by atoms with Crippen LogP contribution in [0.3, 0.4) is 0 Å². The summed E-state index contributed by atoms with van der Waals surface area (Å²) in [6, 6.07) is 3.38. The summed E-state index contributed by atoms with van der Waals surface area (Å²) in [4.78, 5) is 19.1. The lowest BCUT2D eigenvalue weighted by atomic mass is 10.2. The van der Waals surface area contributed by atoms with Crippen molar-refractivity contribution in [1.29, 1.82) is 0 Å². The SMILES string of the molecule is CCOc1cc2nc(COC)[nH]c(=O)c2cc1OCC. The first-order valence-electron chi connectivity index (χ1n) is 6.51. The van der Waals surface area contributed by atoms with Crippen molar-refractivity contribution in [3.05, 3.63) is 28.3 Å². The zero-order chi connectivity index (χ0) is 14.5. The van der Waals surface area contributed by atoms with Crippen LogP contribution in [0.15, 0.2) is 16.9 Å². The van der Waals surface area contributed by atoms with Crippen LogP contribution in [-0.4, -0.2) is 30.3 Å². The number of benzene rings is 1. The maximum Gasteiger partial charge on any atom is 0.258 e. The third-order valence-electron chi connectivity index (χ3n) is 2.70. The van der Waals surface area contributed by atoms with Crippen LogP contribution in [-0.2, 0) is 11.3 Å². The average Bonchev–Trinajstić information content (AvgIpc) is 2.41. The molecule has 0 aliphatic carbocycles. The Bertz CT molecular complexity index is 651. The van der Waals surface area contributed by atoms with E-state index in [4.69, 9.17) is 14.2 Å². The van der Waals surface area contributed by atoms with E-state index < -0.39 is 0 Å². The van der Waals surface area contributed by atoms with E-state index in [0.29, 0.717) is 41.4 Å². The number of nitrogens with one attached hydrogen (secondary N) is 1. The van der Waals surface area contributed by atoms with Crippen molar-refractivity contribution in [2.75, 3.05) is 20.3 Å². The summed E-state index contributed by atoms with van der Waals surface area (Å²) in [6.07, 6.45) is 0. The van der Waals surface area contributed by atoms with Gasteiger partial charge in [0.2, 0.25) is 0 Å². The van der Waals surface area contributed by atoms with Gasteiger partial charge in [0, 0.05) is 13.2 Å². The lowest BCUT2D eigenvalue weighted by Gasteiger charge is -2.12. The third kappa shape index (κ3) is 2.91. The van der Waals surface area contributed by atoms with E-state index in [-0.39, 0.29) is 12.2 Å². The van der Waals surface area contributed by atoms with E-state index in [9.17, 15) is 4.79 Å². The summed E-state index contributed by atoms with van der Waals surface area (Å²) >= 11 is 0. The number of methoxy groups -OCH3 is 1. The van der Waals surface area contributed by atoms with Gasteiger partial charge in [-0.15, -0.1) is 0 Å². The van der Waals surface area contributed by atoms with Gasteiger partial charge >= 0.3 is 0 Å². The third-order valence-corrected chi connectivity index (χ3v) is 2.70. The average molecular weight is 278 g/mol. The molecule has 20 heavy (non-hydrogen) atoms. The van der Waals surface area contributed by atoms with Crippen molar-refractivity contribution in [3.63, 3.8) is 0 Å². The predicted molar refractivity (Wildman–Crippen MR) is 75.4 cm³/mol. The monoisotopic (exact) mass is 278 g/mol. The Labute approximate surface area is 116 Å². The summed E-state index contributed by atoms with van der Waals surface area (Å²) in [6.45, 7) is 5.03. The number of hydrogen-bond donors (Lipinski definition) is 1. The Morgan fingerprint density at radius 2 is 1.80 bits per heavy atom. The summed E-state index contributed by atoms with van der Waals surface area (Å²) < 4.78 is 16.0. The van der Waals surface area contributed by atoms with E-state index in [2.05, 4.69) is 9.97 Å². The second kappa shape index (κ2) is 6.38. The summed E-state index contributed by atoms with van der Waals surface area (Å²) in [7, 11) is 1.55. The second-order valence-electron chi connectivity index (χ2n) is 4.13. The van der Waals surface area contributed by atoms with Gasteiger partial charge in [0.25, 0.3) is 5.56 Å². The lowest BCUT2D eigenvalue weighted by Crippen LogP contribution is -2.13. The predicted octanol–water partition coefficient (Wildman–Crippen LogP) is 1.87. The normalized spacial score (nSPS) is 10.8. The van der Waals surface area contributed by atoms with Gasteiger partial charge in [-0.1, -0.05) is 0 Å². The molecule has 2 aromatic rings. The van der Waals surface area contributed by atoms with Crippen molar-refractivity contribution >= 4 is 10.9 Å². The van der Waals surface area contributed by atoms with Crippen LogP contribution in [0.4, 0.5) is 0 Å². The molecular formula is C14H18N2O4. The molecule has 2 rings (SSSR count). The number of hydrogen-bond acceptors (Lipinski definition) is 5. The van der Waals surface area contributed by atoms with Gasteiger partial charge in [0.15, 0.2) is 11.5 Å². The van der Waals surface area contributed by atoms with Crippen molar-refractivity contribution in [2.24, 2.45) is 0 Å². The number of ether oxygens (including phenoxy) is 3. The highest BCUT2D eigenvalue weighted by atomic mass is 16.5. The minimum atomic E-state index is -0.217. The molecule has 0 bridgehead atoms. The largest absolute Gasteiger partial charge is 0.490 e. The molecule has 0 fully saturated rings. The van der Waals surface area contributed by atoms with E-state index in [1.807, 2.05) is 13.8 Å². The van der Waals surface area contributed by atoms with E-state index >= 15 is 0 Å². The molecule has 0 radical (unpaired) electrons. The van der Waals surface area contributed by atoms with E-state index in [1.54, 1.807) is 19.2 Å². The quantitative estimate of drug-likeness (QED) is 0.873. The van der Waals surface area contributed by atoms with Crippen molar-refractivity contribution in [3.8, 4) is 11.5 Å². The highest BCUT2D eigenvalue weighted by Crippen LogP contribution is 2.30. The van der Waals surface area contributed by atoms with Crippen LogP contribution >= 0.6 is 0 Å². The molecule has 0 amide bonds. The fourth-order valence-electron chi connectivity index (χ4n) is 1.94. The van der Waals surface area contributed by atoms with Crippen LogP contribution in [0.1, 0.15) is 19.7 Å². The van der Waals surface area contributed by atoms with Gasteiger partial charge in [-0.2, -0.15) is 0 Å². The van der Waals surface area contributed by atoms with Crippen molar-refractivity contribution < 1.29 is 14.2 Å². The molecule has 0 aliphatic heterocycles. The van der Waals surface area contributed by atoms with Crippen molar-refractivity contribution in [2.45, 2.75) is 20.5 Å². The molecule has 1 N–H and O–H groups in total. The van der Waals surface area contributed by atoms with Crippen molar-refractivity contribution in [1.82, 2.24) is 9.97 Å². The Morgan fingerprint density at radius 3 is 2.40 bits per heavy atom. The molecule has 6 heteroatoms. The van der Waals surface area contributed by atoms with Gasteiger partial charge in [0.05, 0.1) is 24.1 Å². The first-order valence-corrected chi connectivity index (χ1v) is 6.51. The molecule has 0 unspecified atom stereocenters. The molecule has 0 atom stereocenters. The molecular weight excluding hydrogens is 260 g/mol. The minimum Gasteiger partial charge on any atom is -0.490 e. The summed E-state index contributed by atoms with van der Waals surface area (Å²) in [5, 5.41) is 0.469. The van der Waals surface area contributed by atoms with Gasteiger partial charge in [-0.3, -0.25) is 4.79 Å². The topological polar surface area (TPSA) is 73.4 Å². The molecule has 1 aromatic carbocycles. The van der Waals surface area contributed by atoms with E-state index in [1.165, 1.54) is 0 Å². The number of rotatable bonds is 6. The van der Waals surface area contributed by atoms with Gasteiger partial charge < -0.3 is 19.2 Å².